The number of hydrogen-bond acceptors (Lipinski definition) is 3. The quantitative estimate of drug-likeness (QED) is 0.667. The third kappa shape index (κ3) is 5.11. The van der Waals surface area contributed by atoms with E-state index in [-0.39, 0.29) is 23.2 Å². The van der Waals surface area contributed by atoms with Crippen molar-refractivity contribution >= 4 is 11.9 Å². The van der Waals surface area contributed by atoms with Gasteiger partial charge in [0.05, 0.1) is 11.0 Å². The number of halogens is 1. The summed E-state index contributed by atoms with van der Waals surface area (Å²) < 4.78 is 13.4. The maximum atomic E-state index is 13.7. The van der Waals surface area contributed by atoms with Crippen molar-refractivity contribution in [2.45, 2.75) is 52.1 Å². The van der Waals surface area contributed by atoms with Gasteiger partial charge in [-0.2, -0.15) is 0 Å². The van der Waals surface area contributed by atoms with Gasteiger partial charge in [-0.1, -0.05) is 44.2 Å². The number of likely N-dealkylation sites (tertiary alicyclic amines) is 2. The van der Waals surface area contributed by atoms with E-state index in [9.17, 15) is 19.1 Å². The number of carbonyl (C=O) groups is 2. The molecule has 176 valence electrons. The summed E-state index contributed by atoms with van der Waals surface area (Å²) in [5.74, 6) is -0.507. The van der Waals surface area contributed by atoms with Crippen LogP contribution in [-0.4, -0.2) is 52.5 Å². The average Bonchev–Trinajstić information content (AvgIpc) is 3.02. The van der Waals surface area contributed by atoms with Gasteiger partial charge in [0.2, 0.25) is 5.91 Å². The number of amides is 1. The number of piperidine rings is 1. The molecule has 5 nitrogen and oxygen atoms in total. The van der Waals surface area contributed by atoms with E-state index in [0.29, 0.717) is 18.0 Å². The summed E-state index contributed by atoms with van der Waals surface area (Å²) in [6.07, 6.45) is 3.15. The number of aromatic carboxylic acids is 1. The smallest absolute Gasteiger partial charge is 0.336 e. The summed E-state index contributed by atoms with van der Waals surface area (Å²) in [7, 11) is 0. The van der Waals surface area contributed by atoms with Crippen LogP contribution in [0.1, 0.15) is 54.6 Å². The second-order valence-electron chi connectivity index (χ2n) is 10.1. The molecule has 0 unspecified atom stereocenters. The first-order chi connectivity index (χ1) is 15.8. The van der Waals surface area contributed by atoms with Crippen molar-refractivity contribution in [3.05, 3.63) is 71.0 Å². The van der Waals surface area contributed by atoms with E-state index in [2.05, 4.69) is 23.6 Å². The predicted molar refractivity (Wildman–Crippen MR) is 125 cm³/mol. The highest BCUT2D eigenvalue weighted by molar-refractivity contribution is 5.89. The Bertz CT molecular complexity index is 997. The molecule has 2 aliphatic rings. The lowest BCUT2D eigenvalue weighted by atomic mass is 9.75. The Morgan fingerprint density at radius 3 is 2.42 bits per heavy atom. The molecule has 6 heteroatoms. The van der Waals surface area contributed by atoms with E-state index in [1.165, 1.54) is 12.1 Å². The topological polar surface area (TPSA) is 60.9 Å². The lowest BCUT2D eigenvalue weighted by Crippen LogP contribution is -2.45. The van der Waals surface area contributed by atoms with E-state index in [0.717, 1.165) is 56.4 Å². The predicted octanol–water partition coefficient (Wildman–Crippen LogP) is 4.61. The minimum Gasteiger partial charge on any atom is -0.478 e. The summed E-state index contributed by atoms with van der Waals surface area (Å²) in [6.45, 7) is 7.14. The zero-order valence-corrected chi connectivity index (χ0v) is 19.5. The summed E-state index contributed by atoms with van der Waals surface area (Å²) in [5.41, 5.74) is 1.87. The van der Waals surface area contributed by atoms with Crippen LogP contribution in [0.2, 0.25) is 0 Å². The van der Waals surface area contributed by atoms with E-state index in [4.69, 9.17) is 0 Å². The zero-order chi connectivity index (χ0) is 23.6. The maximum absolute atomic E-state index is 13.7. The van der Waals surface area contributed by atoms with Gasteiger partial charge in [0, 0.05) is 19.1 Å². The molecule has 4 rings (SSSR count). The molecule has 0 radical (unpaired) electrons. The third-order valence-corrected chi connectivity index (χ3v) is 7.18. The Balaban J connectivity index is 1.46. The van der Waals surface area contributed by atoms with Crippen LogP contribution >= 0.6 is 0 Å². The lowest BCUT2D eigenvalue weighted by molar-refractivity contribution is -0.139. The molecule has 0 bridgehead atoms. The molecular formula is C27H33FN2O3. The number of benzene rings is 2. The van der Waals surface area contributed by atoms with Crippen LogP contribution in [-0.2, 0) is 17.8 Å². The molecule has 1 amide bonds. The minimum atomic E-state index is -0.905. The Hall–Kier alpha value is -2.73. The highest BCUT2D eigenvalue weighted by Gasteiger charge is 2.52. The van der Waals surface area contributed by atoms with E-state index < -0.39 is 5.97 Å². The van der Waals surface area contributed by atoms with E-state index in [1.807, 2.05) is 24.3 Å². The minimum absolute atomic E-state index is 0.129. The SMILES string of the molecule is CC(C)CN1C(=O)C2(CCN(Cc3ccccc3C(=O)O)CC2)C[C@@H]1Cc1ccc(F)cc1. The van der Waals surface area contributed by atoms with Gasteiger partial charge >= 0.3 is 5.97 Å². The number of rotatable bonds is 7. The highest BCUT2D eigenvalue weighted by Crippen LogP contribution is 2.45. The first-order valence-electron chi connectivity index (χ1n) is 11.9. The second-order valence-corrected chi connectivity index (χ2v) is 10.1. The first kappa shape index (κ1) is 23.4. The van der Waals surface area contributed by atoms with Crippen molar-refractivity contribution in [2.75, 3.05) is 19.6 Å². The van der Waals surface area contributed by atoms with Gasteiger partial charge in [-0.25, -0.2) is 9.18 Å². The lowest BCUT2D eigenvalue weighted by Gasteiger charge is -2.38. The zero-order valence-electron chi connectivity index (χ0n) is 19.5. The Labute approximate surface area is 195 Å². The van der Waals surface area contributed by atoms with Crippen LogP contribution in [0, 0.1) is 17.2 Å². The fourth-order valence-corrected chi connectivity index (χ4v) is 5.48. The van der Waals surface area contributed by atoms with Gasteiger partial charge in [0.1, 0.15) is 5.82 Å². The summed E-state index contributed by atoms with van der Waals surface area (Å²) in [5, 5.41) is 9.47. The molecule has 0 aromatic heterocycles. The molecule has 2 aromatic rings. The number of nitrogens with zero attached hydrogens (tertiary/aromatic N) is 2. The molecule has 2 fully saturated rings. The van der Waals surface area contributed by atoms with Gasteiger partial charge in [-0.05, 0) is 74.0 Å². The molecule has 1 N–H and O–H groups in total. The normalized spacial score (nSPS) is 20.7. The molecule has 2 saturated heterocycles. The number of carboxylic acids is 1. The standard InChI is InChI=1S/C27H33FN2O3/c1-19(2)17-30-23(15-20-7-9-22(28)10-8-20)16-27(26(30)33)11-13-29(14-12-27)18-21-5-3-4-6-24(21)25(31)32/h3-10,19,23H,11-18H2,1-2H3,(H,31,32)/t23-/m0/s1. The van der Waals surface area contributed by atoms with Crippen molar-refractivity contribution in [1.82, 2.24) is 9.80 Å². The maximum Gasteiger partial charge on any atom is 0.336 e. The molecule has 0 aliphatic carbocycles. The molecular weight excluding hydrogens is 419 g/mol. The summed E-state index contributed by atoms with van der Waals surface area (Å²) in [4.78, 5) is 29.5. The number of carbonyl (C=O) groups excluding carboxylic acids is 1. The van der Waals surface area contributed by atoms with Crippen LogP contribution in [0.3, 0.4) is 0 Å². The van der Waals surface area contributed by atoms with Gasteiger partial charge < -0.3 is 10.0 Å². The molecule has 0 saturated carbocycles. The first-order valence-corrected chi connectivity index (χ1v) is 11.9. The Morgan fingerprint density at radius 1 is 1.12 bits per heavy atom. The van der Waals surface area contributed by atoms with Gasteiger partial charge in [-0.3, -0.25) is 9.69 Å². The van der Waals surface area contributed by atoms with Gasteiger partial charge in [0.15, 0.2) is 0 Å². The third-order valence-electron chi connectivity index (χ3n) is 7.18. The molecule has 33 heavy (non-hydrogen) atoms. The molecule has 2 heterocycles. The van der Waals surface area contributed by atoms with Crippen LogP contribution in [0.15, 0.2) is 48.5 Å². The van der Waals surface area contributed by atoms with Crippen molar-refractivity contribution < 1.29 is 19.1 Å². The molecule has 2 aliphatic heterocycles. The van der Waals surface area contributed by atoms with Crippen LogP contribution < -0.4 is 0 Å². The summed E-state index contributed by atoms with van der Waals surface area (Å²) >= 11 is 0. The molecule has 1 atom stereocenters. The van der Waals surface area contributed by atoms with Crippen molar-refractivity contribution in [1.29, 1.82) is 0 Å². The Morgan fingerprint density at radius 2 is 1.79 bits per heavy atom. The van der Waals surface area contributed by atoms with E-state index >= 15 is 0 Å². The molecule has 1 spiro atoms. The fraction of sp³-hybridized carbons (Fsp3) is 0.481. The van der Waals surface area contributed by atoms with Gasteiger partial charge in [0.25, 0.3) is 0 Å². The number of hydrogen-bond donors (Lipinski definition) is 1. The van der Waals surface area contributed by atoms with Crippen LogP contribution in [0.4, 0.5) is 4.39 Å². The van der Waals surface area contributed by atoms with Crippen LogP contribution in [0.5, 0.6) is 0 Å². The van der Waals surface area contributed by atoms with Crippen LogP contribution in [0.25, 0.3) is 0 Å². The monoisotopic (exact) mass is 452 g/mol. The van der Waals surface area contributed by atoms with E-state index in [1.54, 1.807) is 12.1 Å². The second kappa shape index (κ2) is 9.64. The number of carboxylic acid groups (broad SMARTS) is 1. The largest absolute Gasteiger partial charge is 0.478 e. The molecule has 2 aromatic carbocycles. The van der Waals surface area contributed by atoms with Crippen molar-refractivity contribution in [2.24, 2.45) is 11.3 Å². The van der Waals surface area contributed by atoms with Crippen molar-refractivity contribution in [3.8, 4) is 0 Å². The fourth-order valence-electron chi connectivity index (χ4n) is 5.48. The van der Waals surface area contributed by atoms with Crippen molar-refractivity contribution in [3.63, 3.8) is 0 Å². The van der Waals surface area contributed by atoms with Gasteiger partial charge in [-0.15, -0.1) is 0 Å². The highest BCUT2D eigenvalue weighted by atomic mass is 19.1. The summed E-state index contributed by atoms with van der Waals surface area (Å²) in [6, 6.07) is 13.9. The average molecular weight is 453 g/mol. The Kier molecular flexibility index (Phi) is 6.84.